The minimum atomic E-state index is -0.220. The number of anilines is 2. The predicted molar refractivity (Wildman–Crippen MR) is 129 cm³/mol. The Bertz CT molecular complexity index is 1380. The van der Waals surface area contributed by atoms with Gasteiger partial charge in [-0.15, -0.1) is 11.3 Å². The van der Waals surface area contributed by atoms with Crippen molar-refractivity contribution >= 4 is 33.7 Å². The second-order valence-corrected chi connectivity index (χ2v) is 9.57. The SMILES string of the molecule is Cc1cnc(NC(=O)c2ccc(-c3nc(C4CCC(NC#N)CC4)n4ncnc(N)c34)cc2)s1. The van der Waals surface area contributed by atoms with Gasteiger partial charge in [-0.05, 0) is 44.7 Å². The third-order valence-electron chi connectivity index (χ3n) is 6.11. The van der Waals surface area contributed by atoms with Crippen LogP contribution in [0.2, 0.25) is 0 Å². The summed E-state index contributed by atoms with van der Waals surface area (Å²) < 4.78 is 1.78. The molecular formula is C23H23N9OS. The van der Waals surface area contributed by atoms with Gasteiger partial charge in [0.25, 0.3) is 5.91 Å². The standard InChI is InChI=1S/C23H23N9OS/c1-13-10-26-23(34-13)31-22(33)16-4-2-14(3-5-16)18-19-20(25)28-12-29-32(19)21(30-18)15-6-8-17(9-7-15)27-11-24/h2-5,10,12,15,17,27H,6-9H2,1H3,(H2,25,28,29)(H,26,31,33). The Labute approximate surface area is 199 Å². The van der Waals surface area contributed by atoms with Crippen LogP contribution in [0.5, 0.6) is 0 Å². The molecule has 1 fully saturated rings. The molecule has 3 heterocycles. The number of imidazole rings is 1. The van der Waals surface area contributed by atoms with Crippen molar-refractivity contribution in [3.8, 4) is 17.5 Å². The minimum absolute atomic E-state index is 0.207. The summed E-state index contributed by atoms with van der Waals surface area (Å²) >= 11 is 1.43. The van der Waals surface area contributed by atoms with Crippen LogP contribution < -0.4 is 16.4 Å². The van der Waals surface area contributed by atoms with Crippen LogP contribution in [0.3, 0.4) is 0 Å². The van der Waals surface area contributed by atoms with Gasteiger partial charge in [0, 0.05) is 34.2 Å². The van der Waals surface area contributed by atoms with Gasteiger partial charge < -0.3 is 11.1 Å². The quantitative estimate of drug-likeness (QED) is 0.295. The highest BCUT2D eigenvalue weighted by Crippen LogP contribution is 2.36. The normalized spacial score (nSPS) is 17.9. The van der Waals surface area contributed by atoms with E-state index in [2.05, 4.69) is 25.7 Å². The Morgan fingerprint density at radius 1 is 1.21 bits per heavy atom. The van der Waals surface area contributed by atoms with Crippen LogP contribution in [0.25, 0.3) is 16.8 Å². The summed E-state index contributed by atoms with van der Waals surface area (Å²) in [5.74, 6) is 1.18. The molecule has 3 aromatic heterocycles. The molecule has 0 saturated heterocycles. The average molecular weight is 474 g/mol. The second kappa shape index (κ2) is 9.07. The van der Waals surface area contributed by atoms with Crippen LogP contribution in [-0.4, -0.2) is 36.5 Å². The molecule has 11 heteroatoms. The van der Waals surface area contributed by atoms with E-state index in [1.165, 1.54) is 17.7 Å². The van der Waals surface area contributed by atoms with E-state index in [1.54, 1.807) is 22.8 Å². The summed E-state index contributed by atoms with van der Waals surface area (Å²) in [5, 5.41) is 19.6. The lowest BCUT2D eigenvalue weighted by Gasteiger charge is -2.26. The first-order valence-electron chi connectivity index (χ1n) is 11.0. The highest BCUT2D eigenvalue weighted by atomic mass is 32.1. The Balaban J connectivity index is 1.43. The number of benzene rings is 1. The molecule has 34 heavy (non-hydrogen) atoms. The van der Waals surface area contributed by atoms with E-state index in [1.807, 2.05) is 25.2 Å². The largest absolute Gasteiger partial charge is 0.382 e. The molecule has 1 aromatic carbocycles. The van der Waals surface area contributed by atoms with Crippen LogP contribution in [0.4, 0.5) is 10.9 Å². The number of nitrogen functional groups attached to an aromatic ring is 1. The number of thiazole rings is 1. The maximum absolute atomic E-state index is 12.6. The number of aromatic nitrogens is 5. The van der Waals surface area contributed by atoms with Crippen molar-refractivity contribution in [3.05, 3.63) is 53.1 Å². The molecular weight excluding hydrogens is 450 g/mol. The Morgan fingerprint density at radius 2 is 1.97 bits per heavy atom. The lowest BCUT2D eigenvalue weighted by atomic mass is 9.85. The number of aryl methyl sites for hydroxylation is 1. The van der Waals surface area contributed by atoms with Crippen molar-refractivity contribution < 1.29 is 4.79 Å². The van der Waals surface area contributed by atoms with Crippen molar-refractivity contribution in [2.45, 2.75) is 44.6 Å². The molecule has 10 nitrogen and oxygen atoms in total. The molecule has 172 valence electrons. The van der Waals surface area contributed by atoms with Gasteiger partial charge in [-0.3, -0.25) is 10.1 Å². The van der Waals surface area contributed by atoms with Gasteiger partial charge in [-0.1, -0.05) is 12.1 Å². The fourth-order valence-corrected chi connectivity index (χ4v) is 5.05. The van der Waals surface area contributed by atoms with Crippen LogP contribution in [0, 0.1) is 18.4 Å². The number of hydrogen-bond acceptors (Lipinski definition) is 9. The molecule has 4 aromatic rings. The van der Waals surface area contributed by atoms with Gasteiger partial charge in [0.1, 0.15) is 23.4 Å². The number of hydrogen-bond donors (Lipinski definition) is 3. The number of nitrogens with zero attached hydrogens (tertiary/aromatic N) is 6. The summed E-state index contributed by atoms with van der Waals surface area (Å²) in [4.78, 5) is 26.9. The number of nitriles is 1. The van der Waals surface area contributed by atoms with E-state index in [9.17, 15) is 4.79 Å². The molecule has 0 atom stereocenters. The molecule has 0 spiro atoms. The summed E-state index contributed by atoms with van der Waals surface area (Å²) in [6, 6.07) is 7.44. The first kappa shape index (κ1) is 21.8. The zero-order valence-electron chi connectivity index (χ0n) is 18.5. The maximum atomic E-state index is 12.6. The number of carbonyl (C=O) groups is 1. The summed E-state index contributed by atoms with van der Waals surface area (Å²) in [7, 11) is 0. The Hall–Kier alpha value is -4.04. The lowest BCUT2D eigenvalue weighted by molar-refractivity contribution is 0.102. The van der Waals surface area contributed by atoms with Gasteiger partial charge in [0.05, 0.1) is 0 Å². The average Bonchev–Trinajstić information content (AvgIpc) is 3.44. The van der Waals surface area contributed by atoms with Crippen LogP contribution >= 0.6 is 11.3 Å². The molecule has 0 unspecified atom stereocenters. The van der Waals surface area contributed by atoms with E-state index >= 15 is 0 Å². The van der Waals surface area contributed by atoms with E-state index in [4.69, 9.17) is 16.0 Å². The van der Waals surface area contributed by atoms with Gasteiger partial charge in [-0.2, -0.15) is 10.4 Å². The van der Waals surface area contributed by atoms with Gasteiger partial charge in [0.2, 0.25) is 0 Å². The molecule has 4 N–H and O–H groups in total. The van der Waals surface area contributed by atoms with Crippen LogP contribution in [0.15, 0.2) is 36.8 Å². The lowest BCUT2D eigenvalue weighted by Crippen LogP contribution is -2.29. The molecule has 0 bridgehead atoms. The van der Waals surface area contributed by atoms with Gasteiger partial charge in [-0.25, -0.2) is 19.5 Å². The third kappa shape index (κ3) is 4.15. The fourth-order valence-electron chi connectivity index (χ4n) is 4.39. The number of rotatable bonds is 5. The number of nitrogens with one attached hydrogen (secondary N) is 2. The van der Waals surface area contributed by atoms with E-state index in [-0.39, 0.29) is 17.9 Å². The molecule has 0 aliphatic heterocycles. The molecule has 1 amide bonds. The summed E-state index contributed by atoms with van der Waals surface area (Å²) in [5.41, 5.74) is 8.93. The Kier molecular flexibility index (Phi) is 5.81. The third-order valence-corrected chi connectivity index (χ3v) is 6.94. The Morgan fingerprint density at radius 3 is 2.65 bits per heavy atom. The first-order chi connectivity index (χ1) is 16.5. The first-order valence-corrected chi connectivity index (χ1v) is 11.8. The highest BCUT2D eigenvalue weighted by Gasteiger charge is 2.28. The predicted octanol–water partition coefficient (Wildman–Crippen LogP) is 3.49. The summed E-state index contributed by atoms with van der Waals surface area (Å²) in [6.45, 7) is 1.94. The topological polar surface area (TPSA) is 147 Å². The molecule has 1 aliphatic rings. The molecule has 5 rings (SSSR count). The maximum Gasteiger partial charge on any atom is 0.257 e. The van der Waals surface area contributed by atoms with E-state index in [0.29, 0.717) is 27.7 Å². The highest BCUT2D eigenvalue weighted by molar-refractivity contribution is 7.15. The molecule has 1 saturated carbocycles. The fraction of sp³-hybridized carbons (Fsp3) is 0.304. The van der Waals surface area contributed by atoms with Gasteiger partial charge >= 0.3 is 0 Å². The van der Waals surface area contributed by atoms with Crippen LogP contribution in [0.1, 0.15) is 52.7 Å². The number of amides is 1. The zero-order valence-corrected chi connectivity index (χ0v) is 19.3. The minimum Gasteiger partial charge on any atom is -0.382 e. The number of nitrogens with two attached hydrogens (primary N) is 1. The van der Waals surface area contributed by atoms with Gasteiger partial charge in [0.15, 0.2) is 17.1 Å². The van der Waals surface area contributed by atoms with Crippen LogP contribution in [-0.2, 0) is 0 Å². The monoisotopic (exact) mass is 473 g/mol. The van der Waals surface area contributed by atoms with E-state index < -0.39 is 0 Å². The molecule has 1 aliphatic carbocycles. The zero-order chi connectivity index (χ0) is 23.7. The number of fused-ring (bicyclic) bond motifs is 1. The van der Waals surface area contributed by atoms with Crippen molar-refractivity contribution in [1.82, 2.24) is 29.9 Å². The smallest absolute Gasteiger partial charge is 0.257 e. The number of carbonyl (C=O) groups excluding carboxylic acids is 1. The van der Waals surface area contributed by atoms with E-state index in [0.717, 1.165) is 41.9 Å². The van der Waals surface area contributed by atoms with Crippen molar-refractivity contribution in [2.75, 3.05) is 11.1 Å². The van der Waals surface area contributed by atoms with Crippen molar-refractivity contribution in [1.29, 1.82) is 5.26 Å². The second-order valence-electron chi connectivity index (χ2n) is 8.34. The molecule has 0 radical (unpaired) electrons. The van der Waals surface area contributed by atoms with Crippen molar-refractivity contribution in [2.24, 2.45) is 0 Å². The summed E-state index contributed by atoms with van der Waals surface area (Å²) in [6.07, 6.45) is 8.80. The van der Waals surface area contributed by atoms with Crippen molar-refractivity contribution in [3.63, 3.8) is 0 Å².